The highest BCUT2D eigenvalue weighted by Gasteiger charge is 2.68. The minimum atomic E-state index is -1.62. The summed E-state index contributed by atoms with van der Waals surface area (Å²) < 4.78 is 6.59. The van der Waals surface area contributed by atoms with Crippen molar-refractivity contribution in [1.29, 1.82) is 0 Å². The number of hydrogen-bond donors (Lipinski definition) is 0. The van der Waals surface area contributed by atoms with Gasteiger partial charge in [0, 0.05) is 12.0 Å². The van der Waals surface area contributed by atoms with Gasteiger partial charge in [-0.1, -0.05) is 57.6 Å². The molecule has 0 aromatic heterocycles. The largest absolute Gasteiger partial charge is 0.416 e. The van der Waals surface area contributed by atoms with Crippen LogP contribution < -0.4 is 0 Å². The summed E-state index contributed by atoms with van der Waals surface area (Å²) in [5.74, 6) is 0. The topological polar surface area (TPSA) is 9.23 Å². The van der Waals surface area contributed by atoms with Gasteiger partial charge in [-0.05, 0) is 48.4 Å². The van der Waals surface area contributed by atoms with Gasteiger partial charge in [0.1, 0.15) is 0 Å². The summed E-state index contributed by atoms with van der Waals surface area (Å²) in [7, 11) is -1.62. The summed E-state index contributed by atoms with van der Waals surface area (Å²) in [6.07, 6.45) is 16.8. The average Bonchev–Trinajstić information content (AvgIpc) is 2.74. The molecule has 0 N–H and O–H groups in total. The highest BCUT2D eigenvalue weighted by Crippen LogP contribution is 2.75. The van der Waals surface area contributed by atoms with Crippen molar-refractivity contribution >= 4 is 8.32 Å². The molecular formula is C19H30OSi. The second-order valence-corrected chi connectivity index (χ2v) is 13.7. The zero-order valence-electron chi connectivity index (χ0n) is 14.3. The molecule has 0 aliphatic heterocycles. The first-order valence-electron chi connectivity index (χ1n) is 8.42. The van der Waals surface area contributed by atoms with Crippen LogP contribution in [0.2, 0.25) is 18.1 Å². The summed E-state index contributed by atoms with van der Waals surface area (Å²) >= 11 is 0. The Morgan fingerprint density at radius 2 is 1.86 bits per heavy atom. The average molecular weight is 303 g/mol. The fraction of sp³-hybridized carbons (Fsp3) is 0.684. The first-order valence-corrected chi connectivity index (χ1v) is 11.3. The molecule has 3 rings (SSSR count). The Morgan fingerprint density at radius 3 is 2.48 bits per heavy atom. The van der Waals surface area contributed by atoms with E-state index >= 15 is 0 Å². The van der Waals surface area contributed by atoms with Crippen molar-refractivity contribution in [1.82, 2.24) is 0 Å². The van der Waals surface area contributed by atoms with Crippen LogP contribution in [0.3, 0.4) is 0 Å². The molecule has 2 saturated carbocycles. The molecule has 3 aliphatic rings. The molecule has 0 aromatic carbocycles. The van der Waals surface area contributed by atoms with E-state index in [1.165, 1.54) is 31.3 Å². The van der Waals surface area contributed by atoms with E-state index in [-0.39, 0.29) is 0 Å². The third kappa shape index (κ3) is 2.51. The second-order valence-electron chi connectivity index (χ2n) is 8.88. The van der Waals surface area contributed by atoms with Gasteiger partial charge in [-0.2, -0.15) is 0 Å². The molecule has 116 valence electrons. The number of fused-ring (bicyclic) bond motifs is 1. The zero-order valence-corrected chi connectivity index (χ0v) is 15.3. The Balaban J connectivity index is 1.71. The van der Waals surface area contributed by atoms with Crippen molar-refractivity contribution < 1.29 is 4.43 Å². The van der Waals surface area contributed by atoms with Crippen molar-refractivity contribution in [2.75, 3.05) is 6.61 Å². The lowest BCUT2D eigenvalue weighted by molar-refractivity contribution is 0.199. The lowest BCUT2D eigenvalue weighted by Crippen LogP contribution is -2.42. The SMILES string of the molecule is CC(C)(C)[Si](C)(C)OC[C@]12CCC[C@@]1(C=C1C=CC=C1)C2. The summed E-state index contributed by atoms with van der Waals surface area (Å²) in [4.78, 5) is 0. The second kappa shape index (κ2) is 4.69. The molecule has 0 spiro atoms. The highest BCUT2D eigenvalue weighted by atomic mass is 28.4. The van der Waals surface area contributed by atoms with E-state index in [9.17, 15) is 0 Å². The summed E-state index contributed by atoms with van der Waals surface area (Å²) in [5, 5.41) is 0.315. The van der Waals surface area contributed by atoms with E-state index in [1.54, 1.807) is 0 Å². The van der Waals surface area contributed by atoms with E-state index in [2.05, 4.69) is 64.2 Å². The molecule has 2 heteroatoms. The molecular weight excluding hydrogens is 272 g/mol. The van der Waals surface area contributed by atoms with Gasteiger partial charge in [0.25, 0.3) is 0 Å². The molecule has 1 nitrogen and oxygen atoms in total. The van der Waals surface area contributed by atoms with Gasteiger partial charge in [-0.3, -0.25) is 0 Å². The molecule has 2 atom stereocenters. The van der Waals surface area contributed by atoms with Gasteiger partial charge in [0.15, 0.2) is 8.32 Å². The molecule has 0 unspecified atom stereocenters. The highest BCUT2D eigenvalue weighted by molar-refractivity contribution is 6.74. The maximum absolute atomic E-state index is 6.59. The normalized spacial score (nSPS) is 34.4. The Hall–Kier alpha value is -0.603. The Labute approximate surface area is 131 Å². The van der Waals surface area contributed by atoms with Crippen LogP contribution in [0.1, 0.15) is 46.5 Å². The maximum atomic E-state index is 6.59. The van der Waals surface area contributed by atoms with Crippen LogP contribution in [0.4, 0.5) is 0 Å². The summed E-state index contributed by atoms with van der Waals surface area (Å²) in [5.41, 5.74) is 2.31. The minimum Gasteiger partial charge on any atom is -0.416 e. The fourth-order valence-electron chi connectivity index (χ4n) is 3.88. The molecule has 3 aliphatic carbocycles. The zero-order chi connectivity index (χ0) is 15.4. The molecule has 0 heterocycles. The smallest absolute Gasteiger partial charge is 0.192 e. The van der Waals surface area contributed by atoms with E-state index in [4.69, 9.17) is 4.43 Å². The predicted octanol–water partition coefficient (Wildman–Crippen LogP) is 5.62. The lowest BCUT2D eigenvalue weighted by atomic mass is 9.94. The molecule has 21 heavy (non-hydrogen) atoms. The third-order valence-electron chi connectivity index (χ3n) is 6.51. The first-order chi connectivity index (χ1) is 9.70. The van der Waals surface area contributed by atoms with Crippen LogP contribution in [-0.2, 0) is 4.43 Å². The van der Waals surface area contributed by atoms with Crippen molar-refractivity contribution in [2.45, 2.75) is 64.6 Å². The minimum absolute atomic E-state index is 0.315. The number of hydrogen-bond acceptors (Lipinski definition) is 1. The van der Waals surface area contributed by atoms with Gasteiger partial charge in [-0.15, -0.1) is 0 Å². The first kappa shape index (κ1) is 15.3. The quantitative estimate of drug-likeness (QED) is 0.612. The van der Waals surface area contributed by atoms with Crippen LogP contribution in [0.15, 0.2) is 36.0 Å². The lowest BCUT2D eigenvalue weighted by Gasteiger charge is -2.37. The standard InChI is InChI=1S/C19H30OSi/c1-17(2,3)21(4,5)20-15-19-12-8-11-18(19,14-19)13-16-9-6-7-10-16/h6-7,9-10,13H,8,11-12,14-15H2,1-5H3/t18-,19-/m1/s1. The van der Waals surface area contributed by atoms with Crippen molar-refractivity contribution in [3.05, 3.63) is 36.0 Å². The predicted molar refractivity (Wildman–Crippen MR) is 92.8 cm³/mol. The van der Waals surface area contributed by atoms with Crippen LogP contribution in [-0.4, -0.2) is 14.9 Å². The van der Waals surface area contributed by atoms with Crippen molar-refractivity contribution in [3.63, 3.8) is 0 Å². The molecule has 0 saturated heterocycles. The van der Waals surface area contributed by atoms with Crippen LogP contribution in [0.25, 0.3) is 0 Å². The van der Waals surface area contributed by atoms with E-state index in [0.717, 1.165) is 6.61 Å². The van der Waals surface area contributed by atoms with Gasteiger partial charge in [0.05, 0.1) is 0 Å². The molecule has 0 amide bonds. The third-order valence-corrected chi connectivity index (χ3v) is 11.0. The summed E-state index contributed by atoms with van der Waals surface area (Å²) in [6.45, 7) is 12.7. The molecule has 2 fully saturated rings. The maximum Gasteiger partial charge on any atom is 0.192 e. The Bertz CT molecular complexity index is 506. The van der Waals surface area contributed by atoms with E-state index in [0.29, 0.717) is 15.9 Å². The number of rotatable bonds is 4. The molecule has 0 radical (unpaired) electrons. The Kier molecular flexibility index (Phi) is 3.42. The van der Waals surface area contributed by atoms with Crippen molar-refractivity contribution in [3.8, 4) is 0 Å². The van der Waals surface area contributed by atoms with Crippen molar-refractivity contribution in [2.24, 2.45) is 10.8 Å². The fourth-order valence-corrected chi connectivity index (χ4v) is 4.95. The monoisotopic (exact) mass is 302 g/mol. The van der Waals surface area contributed by atoms with Gasteiger partial charge >= 0.3 is 0 Å². The van der Waals surface area contributed by atoms with Gasteiger partial charge in [-0.25, -0.2) is 0 Å². The molecule has 0 aromatic rings. The van der Waals surface area contributed by atoms with Gasteiger partial charge < -0.3 is 4.43 Å². The number of allylic oxidation sites excluding steroid dienone is 6. The van der Waals surface area contributed by atoms with Crippen LogP contribution in [0, 0.1) is 10.8 Å². The van der Waals surface area contributed by atoms with E-state index in [1.807, 2.05) is 0 Å². The molecule has 0 bridgehead atoms. The summed E-state index contributed by atoms with van der Waals surface area (Å²) in [6, 6.07) is 0. The van der Waals surface area contributed by atoms with Crippen LogP contribution in [0.5, 0.6) is 0 Å². The van der Waals surface area contributed by atoms with E-state index < -0.39 is 8.32 Å². The van der Waals surface area contributed by atoms with Gasteiger partial charge in [0.2, 0.25) is 0 Å². The van der Waals surface area contributed by atoms with Crippen LogP contribution >= 0.6 is 0 Å². The Morgan fingerprint density at radius 1 is 1.19 bits per heavy atom.